The summed E-state index contributed by atoms with van der Waals surface area (Å²) in [6, 6.07) is 15.6. The molecule has 1 amide bonds. The Balaban J connectivity index is 2.06. The van der Waals surface area contributed by atoms with Crippen molar-refractivity contribution in [3.63, 3.8) is 0 Å². The molecule has 1 aromatic heterocycles. The summed E-state index contributed by atoms with van der Waals surface area (Å²) >= 11 is 0. The van der Waals surface area contributed by atoms with E-state index >= 15 is 0 Å². The van der Waals surface area contributed by atoms with Crippen LogP contribution < -0.4 is 4.90 Å². The standard InChI is InChI=1S/C19H19NO2/c1-4-20(15-8-6-5-7-9-15)19(21)18-14(3)16-12-13(2)10-11-17(16)22-18/h5-12H,4H2,1-3H3. The van der Waals surface area contributed by atoms with Crippen molar-refractivity contribution in [1.82, 2.24) is 0 Å². The number of carbonyl (C=O) groups is 1. The van der Waals surface area contributed by atoms with Crippen molar-refractivity contribution in [1.29, 1.82) is 0 Å². The summed E-state index contributed by atoms with van der Waals surface area (Å²) in [6.07, 6.45) is 0. The molecule has 0 bridgehead atoms. The van der Waals surface area contributed by atoms with Gasteiger partial charge in [0.05, 0.1) is 0 Å². The van der Waals surface area contributed by atoms with Crippen LogP contribution in [0.3, 0.4) is 0 Å². The van der Waals surface area contributed by atoms with Gasteiger partial charge in [0.25, 0.3) is 5.91 Å². The molecule has 112 valence electrons. The Labute approximate surface area is 130 Å². The second kappa shape index (κ2) is 5.68. The molecule has 3 heteroatoms. The molecule has 0 fully saturated rings. The highest BCUT2D eigenvalue weighted by molar-refractivity contribution is 6.08. The summed E-state index contributed by atoms with van der Waals surface area (Å²) in [6.45, 7) is 6.54. The Morgan fingerprint density at radius 1 is 1.09 bits per heavy atom. The van der Waals surface area contributed by atoms with Crippen LogP contribution in [0.1, 0.15) is 28.6 Å². The van der Waals surface area contributed by atoms with E-state index in [1.807, 2.05) is 63.2 Å². The Morgan fingerprint density at radius 3 is 2.50 bits per heavy atom. The van der Waals surface area contributed by atoms with Crippen LogP contribution in [0.15, 0.2) is 52.9 Å². The van der Waals surface area contributed by atoms with E-state index in [4.69, 9.17) is 4.42 Å². The van der Waals surface area contributed by atoms with Crippen LogP contribution in [0.4, 0.5) is 5.69 Å². The van der Waals surface area contributed by atoms with Crippen molar-refractivity contribution >= 4 is 22.6 Å². The van der Waals surface area contributed by atoms with Gasteiger partial charge in [0.1, 0.15) is 5.58 Å². The molecule has 22 heavy (non-hydrogen) atoms. The summed E-state index contributed by atoms with van der Waals surface area (Å²) in [5, 5.41) is 1.01. The van der Waals surface area contributed by atoms with Crippen LogP contribution >= 0.6 is 0 Å². The number of carbonyl (C=O) groups excluding carboxylic acids is 1. The minimum Gasteiger partial charge on any atom is -0.451 e. The fourth-order valence-electron chi connectivity index (χ4n) is 2.71. The average Bonchev–Trinajstić information content (AvgIpc) is 2.86. The van der Waals surface area contributed by atoms with E-state index in [0.29, 0.717) is 12.3 Å². The number of furan rings is 1. The number of hydrogen-bond acceptors (Lipinski definition) is 2. The highest BCUT2D eigenvalue weighted by atomic mass is 16.3. The molecule has 3 rings (SSSR count). The predicted octanol–water partition coefficient (Wildman–Crippen LogP) is 4.72. The molecule has 0 saturated heterocycles. The molecular formula is C19H19NO2. The minimum atomic E-state index is -0.0972. The summed E-state index contributed by atoms with van der Waals surface area (Å²) in [5.41, 5.74) is 3.70. The fraction of sp³-hybridized carbons (Fsp3) is 0.211. The van der Waals surface area contributed by atoms with Gasteiger partial charge in [-0.15, -0.1) is 0 Å². The zero-order chi connectivity index (χ0) is 15.7. The number of anilines is 1. The van der Waals surface area contributed by atoms with Crippen molar-refractivity contribution < 1.29 is 9.21 Å². The number of nitrogens with zero attached hydrogens (tertiary/aromatic N) is 1. The normalized spacial score (nSPS) is 10.9. The smallest absolute Gasteiger partial charge is 0.294 e. The fourth-order valence-corrected chi connectivity index (χ4v) is 2.71. The number of para-hydroxylation sites is 1. The largest absolute Gasteiger partial charge is 0.451 e. The van der Waals surface area contributed by atoms with Crippen molar-refractivity contribution in [2.24, 2.45) is 0 Å². The summed E-state index contributed by atoms with van der Waals surface area (Å²) in [4.78, 5) is 14.6. The Kier molecular flexibility index (Phi) is 3.72. The molecule has 0 N–H and O–H groups in total. The van der Waals surface area contributed by atoms with Crippen LogP contribution in [0.2, 0.25) is 0 Å². The number of hydrogen-bond donors (Lipinski definition) is 0. The Bertz CT molecular complexity index is 818. The van der Waals surface area contributed by atoms with Gasteiger partial charge >= 0.3 is 0 Å². The number of amides is 1. The van der Waals surface area contributed by atoms with Crippen LogP contribution in [-0.2, 0) is 0 Å². The van der Waals surface area contributed by atoms with Crippen LogP contribution in [0.5, 0.6) is 0 Å². The first kappa shape index (κ1) is 14.4. The second-order valence-corrected chi connectivity index (χ2v) is 5.44. The van der Waals surface area contributed by atoms with Crippen LogP contribution in [0, 0.1) is 13.8 Å². The van der Waals surface area contributed by atoms with E-state index in [2.05, 4.69) is 6.07 Å². The highest BCUT2D eigenvalue weighted by Gasteiger charge is 2.23. The van der Waals surface area contributed by atoms with Gasteiger partial charge in [-0.25, -0.2) is 0 Å². The molecular weight excluding hydrogens is 274 g/mol. The molecule has 0 aliphatic rings. The van der Waals surface area contributed by atoms with Gasteiger partial charge in [0.15, 0.2) is 5.76 Å². The molecule has 0 aliphatic carbocycles. The molecule has 0 aliphatic heterocycles. The summed E-state index contributed by atoms with van der Waals surface area (Å²) in [7, 11) is 0. The first-order valence-electron chi connectivity index (χ1n) is 7.48. The predicted molar refractivity (Wildman–Crippen MR) is 89.5 cm³/mol. The number of rotatable bonds is 3. The van der Waals surface area contributed by atoms with E-state index in [9.17, 15) is 4.79 Å². The summed E-state index contributed by atoms with van der Waals surface area (Å²) in [5.74, 6) is 0.325. The molecule has 3 aromatic rings. The monoisotopic (exact) mass is 293 g/mol. The van der Waals surface area contributed by atoms with Crippen molar-refractivity contribution in [3.8, 4) is 0 Å². The van der Waals surface area contributed by atoms with E-state index in [1.165, 1.54) is 0 Å². The van der Waals surface area contributed by atoms with E-state index in [1.54, 1.807) is 4.90 Å². The third-order valence-electron chi connectivity index (χ3n) is 3.92. The average molecular weight is 293 g/mol. The van der Waals surface area contributed by atoms with Gasteiger partial charge in [-0.3, -0.25) is 4.79 Å². The number of fused-ring (bicyclic) bond motifs is 1. The molecule has 2 aromatic carbocycles. The number of aryl methyl sites for hydroxylation is 2. The Hall–Kier alpha value is -2.55. The lowest BCUT2D eigenvalue weighted by Crippen LogP contribution is -2.30. The maximum Gasteiger partial charge on any atom is 0.294 e. The zero-order valence-electron chi connectivity index (χ0n) is 13.1. The maximum absolute atomic E-state index is 12.9. The van der Waals surface area contributed by atoms with Gasteiger partial charge in [-0.1, -0.05) is 29.8 Å². The first-order valence-corrected chi connectivity index (χ1v) is 7.48. The van der Waals surface area contributed by atoms with E-state index < -0.39 is 0 Å². The SMILES string of the molecule is CCN(C(=O)c1oc2ccc(C)cc2c1C)c1ccccc1. The van der Waals surface area contributed by atoms with Crippen LogP contribution in [-0.4, -0.2) is 12.5 Å². The molecule has 0 atom stereocenters. The molecule has 0 unspecified atom stereocenters. The van der Waals surface area contributed by atoms with Crippen molar-refractivity contribution in [2.45, 2.75) is 20.8 Å². The third kappa shape index (κ3) is 2.39. The van der Waals surface area contributed by atoms with Gasteiger partial charge in [0.2, 0.25) is 0 Å². The highest BCUT2D eigenvalue weighted by Crippen LogP contribution is 2.28. The van der Waals surface area contributed by atoms with Gasteiger partial charge in [0, 0.05) is 23.2 Å². The molecule has 1 heterocycles. The second-order valence-electron chi connectivity index (χ2n) is 5.44. The van der Waals surface area contributed by atoms with Gasteiger partial charge in [-0.05, 0) is 45.0 Å². The van der Waals surface area contributed by atoms with E-state index in [-0.39, 0.29) is 5.91 Å². The topological polar surface area (TPSA) is 33.5 Å². The Morgan fingerprint density at radius 2 is 1.82 bits per heavy atom. The minimum absolute atomic E-state index is 0.0972. The van der Waals surface area contributed by atoms with Crippen molar-refractivity contribution in [3.05, 3.63) is 65.4 Å². The molecule has 0 spiro atoms. The molecule has 3 nitrogen and oxygen atoms in total. The summed E-state index contributed by atoms with van der Waals surface area (Å²) < 4.78 is 5.83. The lowest BCUT2D eigenvalue weighted by molar-refractivity contribution is 0.0963. The lowest BCUT2D eigenvalue weighted by atomic mass is 10.1. The lowest BCUT2D eigenvalue weighted by Gasteiger charge is -2.20. The molecule has 0 radical (unpaired) electrons. The zero-order valence-corrected chi connectivity index (χ0v) is 13.1. The number of benzene rings is 2. The third-order valence-corrected chi connectivity index (χ3v) is 3.92. The first-order chi connectivity index (χ1) is 10.6. The maximum atomic E-state index is 12.9. The van der Waals surface area contributed by atoms with Gasteiger partial charge in [-0.2, -0.15) is 0 Å². The van der Waals surface area contributed by atoms with Crippen LogP contribution in [0.25, 0.3) is 11.0 Å². The van der Waals surface area contributed by atoms with E-state index in [0.717, 1.165) is 27.8 Å². The quantitative estimate of drug-likeness (QED) is 0.700. The van der Waals surface area contributed by atoms with Gasteiger partial charge < -0.3 is 9.32 Å². The molecule has 0 saturated carbocycles. The van der Waals surface area contributed by atoms with Crippen molar-refractivity contribution in [2.75, 3.05) is 11.4 Å².